The fraction of sp³-hybridized carbons (Fsp3) is 0.438. The van der Waals surface area contributed by atoms with E-state index >= 15 is 0 Å². The van der Waals surface area contributed by atoms with E-state index in [-0.39, 0.29) is 24.4 Å². The van der Waals surface area contributed by atoms with Crippen LogP contribution in [0.4, 0.5) is 13.2 Å². The summed E-state index contributed by atoms with van der Waals surface area (Å²) in [5.41, 5.74) is 0.672. The zero-order valence-corrected chi connectivity index (χ0v) is 14.3. The number of carbonyl (C=O) groups is 1. The third-order valence-electron chi connectivity index (χ3n) is 3.66. The van der Waals surface area contributed by atoms with E-state index < -0.39 is 25.3 Å². The van der Waals surface area contributed by atoms with Gasteiger partial charge in [0.05, 0.1) is 6.54 Å². The van der Waals surface area contributed by atoms with Crippen LogP contribution in [0.5, 0.6) is 0 Å². The van der Waals surface area contributed by atoms with Crippen molar-refractivity contribution >= 4 is 17.5 Å². The highest BCUT2D eigenvalue weighted by Gasteiger charge is 2.34. The molecule has 0 atom stereocenters. The predicted octanol–water partition coefficient (Wildman–Crippen LogP) is 3.46. The second-order valence-electron chi connectivity index (χ2n) is 5.87. The molecule has 1 amide bonds. The number of rotatable bonds is 7. The van der Waals surface area contributed by atoms with E-state index in [4.69, 9.17) is 16.0 Å². The van der Waals surface area contributed by atoms with E-state index in [2.05, 4.69) is 14.9 Å². The van der Waals surface area contributed by atoms with Gasteiger partial charge in [-0.25, -0.2) is 0 Å². The quantitative estimate of drug-likeness (QED) is 0.725. The second-order valence-corrected chi connectivity index (χ2v) is 6.31. The summed E-state index contributed by atoms with van der Waals surface area (Å²) in [5.74, 6) is -0.0674. The number of hydrogen-bond acceptors (Lipinski definition) is 5. The van der Waals surface area contributed by atoms with E-state index in [1.807, 2.05) is 0 Å². The Morgan fingerprint density at radius 2 is 1.96 bits per heavy atom. The van der Waals surface area contributed by atoms with Gasteiger partial charge in [-0.2, -0.15) is 13.2 Å². The van der Waals surface area contributed by atoms with Crippen molar-refractivity contribution in [1.29, 1.82) is 0 Å². The molecule has 1 fully saturated rings. The monoisotopic (exact) mass is 389 g/mol. The molecule has 1 heterocycles. The van der Waals surface area contributed by atoms with Gasteiger partial charge in [0.15, 0.2) is 0 Å². The van der Waals surface area contributed by atoms with Crippen molar-refractivity contribution in [2.24, 2.45) is 0 Å². The number of hydrogen-bond donors (Lipinski definition) is 0. The van der Waals surface area contributed by atoms with Crippen molar-refractivity contribution < 1.29 is 27.1 Å². The van der Waals surface area contributed by atoms with Gasteiger partial charge in [-0.15, -0.1) is 10.2 Å². The van der Waals surface area contributed by atoms with Gasteiger partial charge in [0.1, 0.15) is 13.2 Å². The first-order valence-corrected chi connectivity index (χ1v) is 8.22. The molecule has 0 N–H and O–H groups in total. The molecule has 1 aliphatic rings. The summed E-state index contributed by atoms with van der Waals surface area (Å²) in [6.07, 6.45) is -2.91. The zero-order chi connectivity index (χ0) is 18.7. The van der Waals surface area contributed by atoms with E-state index in [9.17, 15) is 18.0 Å². The lowest BCUT2D eigenvalue weighted by Gasteiger charge is -2.20. The molecule has 0 aliphatic heterocycles. The Morgan fingerprint density at radius 3 is 2.58 bits per heavy atom. The van der Waals surface area contributed by atoms with Crippen molar-refractivity contribution in [3.63, 3.8) is 0 Å². The number of nitrogens with zero attached hydrogens (tertiary/aromatic N) is 3. The van der Waals surface area contributed by atoms with E-state index in [1.165, 1.54) is 4.90 Å². The van der Waals surface area contributed by atoms with Crippen LogP contribution in [0.2, 0.25) is 5.02 Å². The van der Waals surface area contributed by atoms with Gasteiger partial charge >= 0.3 is 6.18 Å². The lowest BCUT2D eigenvalue weighted by Crippen LogP contribution is -2.36. The summed E-state index contributed by atoms with van der Waals surface area (Å²) in [7, 11) is 0. The standard InChI is InChI=1S/C16H15ClF3N3O3/c17-11-3-1-10(2-4-11)15-22-21-13(26-15)7-23(12-5-6-12)14(24)8-25-9-16(18,19)20/h1-4,12H,5-9H2. The molecule has 1 aromatic carbocycles. The van der Waals surface area contributed by atoms with Crippen molar-refractivity contribution in [3.8, 4) is 11.5 Å². The topological polar surface area (TPSA) is 68.5 Å². The second kappa shape index (κ2) is 7.63. The van der Waals surface area contributed by atoms with Gasteiger partial charge in [-0.1, -0.05) is 11.6 Å². The first-order chi connectivity index (χ1) is 12.3. The molecule has 1 aromatic heterocycles. The van der Waals surface area contributed by atoms with Crippen LogP contribution >= 0.6 is 11.6 Å². The molecule has 10 heteroatoms. The zero-order valence-electron chi connectivity index (χ0n) is 13.5. The molecule has 0 spiro atoms. The molecule has 0 bridgehead atoms. The minimum atomic E-state index is -4.47. The van der Waals surface area contributed by atoms with Gasteiger partial charge in [-0.3, -0.25) is 4.79 Å². The van der Waals surface area contributed by atoms with Gasteiger partial charge in [0.2, 0.25) is 17.7 Å². The molecule has 0 saturated heterocycles. The Kier molecular flexibility index (Phi) is 5.47. The molecular formula is C16H15ClF3N3O3. The fourth-order valence-electron chi connectivity index (χ4n) is 2.32. The van der Waals surface area contributed by atoms with Crippen LogP contribution in [0.1, 0.15) is 18.7 Å². The van der Waals surface area contributed by atoms with Crippen molar-refractivity contribution in [2.45, 2.75) is 31.6 Å². The number of aromatic nitrogens is 2. The molecule has 26 heavy (non-hydrogen) atoms. The number of ether oxygens (including phenoxy) is 1. The Bertz CT molecular complexity index is 760. The van der Waals surface area contributed by atoms with Crippen LogP contribution in [0, 0.1) is 0 Å². The van der Waals surface area contributed by atoms with Crippen molar-refractivity contribution in [1.82, 2.24) is 15.1 Å². The number of alkyl halides is 3. The number of benzene rings is 1. The van der Waals surface area contributed by atoms with Gasteiger partial charge in [0.25, 0.3) is 0 Å². The average Bonchev–Trinajstić information content (AvgIpc) is 3.30. The first-order valence-electron chi connectivity index (χ1n) is 7.84. The highest BCUT2D eigenvalue weighted by Crippen LogP contribution is 2.29. The van der Waals surface area contributed by atoms with Crippen molar-refractivity contribution in [3.05, 3.63) is 35.2 Å². The lowest BCUT2D eigenvalue weighted by molar-refractivity contribution is -0.178. The van der Waals surface area contributed by atoms with E-state index in [1.54, 1.807) is 24.3 Å². The molecule has 3 rings (SSSR count). The molecule has 6 nitrogen and oxygen atoms in total. The van der Waals surface area contributed by atoms with E-state index in [0.717, 1.165) is 12.8 Å². The molecule has 0 unspecified atom stereocenters. The maximum Gasteiger partial charge on any atom is 0.411 e. The summed E-state index contributed by atoms with van der Waals surface area (Å²) in [6, 6.07) is 6.75. The molecular weight excluding hydrogens is 375 g/mol. The van der Waals surface area contributed by atoms with Crippen LogP contribution in [-0.4, -0.2) is 46.4 Å². The molecule has 0 radical (unpaired) electrons. The molecule has 1 aliphatic carbocycles. The first kappa shape index (κ1) is 18.7. The van der Waals surface area contributed by atoms with Crippen LogP contribution in [0.3, 0.4) is 0 Å². The Balaban J connectivity index is 1.62. The summed E-state index contributed by atoms with van der Waals surface area (Å²) in [5, 5.41) is 8.39. The SMILES string of the molecule is O=C(COCC(F)(F)F)N(Cc1nnc(-c2ccc(Cl)cc2)o1)C1CC1. The summed E-state index contributed by atoms with van der Waals surface area (Å²) in [4.78, 5) is 13.6. The Morgan fingerprint density at radius 1 is 1.27 bits per heavy atom. The van der Waals surface area contributed by atoms with Gasteiger partial charge in [0, 0.05) is 16.6 Å². The fourth-order valence-corrected chi connectivity index (χ4v) is 2.44. The third-order valence-corrected chi connectivity index (χ3v) is 3.91. The predicted molar refractivity (Wildman–Crippen MR) is 85.2 cm³/mol. The minimum Gasteiger partial charge on any atom is -0.419 e. The highest BCUT2D eigenvalue weighted by atomic mass is 35.5. The highest BCUT2D eigenvalue weighted by molar-refractivity contribution is 6.30. The summed E-state index contributed by atoms with van der Waals surface area (Å²) >= 11 is 5.83. The van der Waals surface area contributed by atoms with E-state index in [0.29, 0.717) is 10.6 Å². The van der Waals surface area contributed by atoms with Crippen molar-refractivity contribution in [2.75, 3.05) is 13.2 Å². The molecule has 1 saturated carbocycles. The number of halogens is 4. The normalized spacial score (nSPS) is 14.5. The maximum atomic E-state index is 12.2. The summed E-state index contributed by atoms with van der Waals surface area (Å²) in [6.45, 7) is -2.08. The Hall–Kier alpha value is -2.13. The maximum absolute atomic E-state index is 12.2. The Labute approximate surface area is 151 Å². The average molecular weight is 390 g/mol. The minimum absolute atomic E-state index is 0.0272. The smallest absolute Gasteiger partial charge is 0.411 e. The van der Waals surface area contributed by atoms with Crippen LogP contribution in [0.15, 0.2) is 28.7 Å². The third kappa shape index (κ3) is 5.18. The van der Waals surface area contributed by atoms with Crippen LogP contribution in [0.25, 0.3) is 11.5 Å². The number of carbonyl (C=O) groups excluding carboxylic acids is 1. The summed E-state index contributed by atoms with van der Waals surface area (Å²) < 4.78 is 46.4. The van der Waals surface area contributed by atoms with Crippen LogP contribution in [-0.2, 0) is 16.1 Å². The largest absolute Gasteiger partial charge is 0.419 e. The van der Waals surface area contributed by atoms with Gasteiger partial charge in [-0.05, 0) is 37.1 Å². The lowest BCUT2D eigenvalue weighted by atomic mass is 10.2. The van der Waals surface area contributed by atoms with Crippen LogP contribution < -0.4 is 0 Å². The van der Waals surface area contributed by atoms with Gasteiger partial charge < -0.3 is 14.1 Å². The molecule has 2 aromatic rings. The molecule has 140 valence electrons. The number of amides is 1.